The lowest BCUT2D eigenvalue weighted by Gasteiger charge is -2.29. The number of thioether (sulfide) groups is 1. The lowest BCUT2D eigenvalue weighted by molar-refractivity contribution is 0.258. The molecule has 1 atom stereocenters. The molecular weight excluding hydrogens is 372 g/mol. The van der Waals surface area contributed by atoms with Crippen molar-refractivity contribution in [1.82, 2.24) is 14.9 Å². The van der Waals surface area contributed by atoms with E-state index in [4.69, 9.17) is 9.47 Å². The average Bonchev–Trinajstić information content (AvgIpc) is 2.60. The Labute approximate surface area is 149 Å². The van der Waals surface area contributed by atoms with Crippen LogP contribution in [-0.4, -0.2) is 67.6 Å². The first-order valence-electron chi connectivity index (χ1n) is 7.12. The van der Waals surface area contributed by atoms with Crippen LogP contribution in [0.2, 0.25) is 0 Å². The molecule has 25 heavy (non-hydrogen) atoms. The summed E-state index contributed by atoms with van der Waals surface area (Å²) >= 11 is 1.24. The van der Waals surface area contributed by atoms with Gasteiger partial charge in [-0.1, -0.05) is 9.63 Å². The largest absolute Gasteiger partial charge is 0.481 e. The molecule has 2 amide bonds. The number of amides is 2. The van der Waals surface area contributed by atoms with Crippen molar-refractivity contribution in [2.45, 2.75) is 11.1 Å². The van der Waals surface area contributed by atoms with Gasteiger partial charge in [0.05, 0.1) is 20.3 Å². The number of anilines is 1. The Morgan fingerprint density at radius 1 is 1.36 bits per heavy atom. The number of urea groups is 1. The van der Waals surface area contributed by atoms with Crippen molar-refractivity contribution in [2.75, 3.05) is 38.9 Å². The molecule has 0 aromatic carbocycles. The minimum atomic E-state index is -3.95. The van der Waals surface area contributed by atoms with Gasteiger partial charge < -0.3 is 9.47 Å². The Kier molecular flexibility index (Phi) is 6.50. The second-order valence-corrected chi connectivity index (χ2v) is 8.04. The Bertz CT molecular complexity index is 734. The fourth-order valence-corrected chi connectivity index (χ4v) is 4.75. The van der Waals surface area contributed by atoms with Gasteiger partial charge in [-0.05, 0) is 19.2 Å². The van der Waals surface area contributed by atoms with Gasteiger partial charge in [-0.2, -0.15) is 9.97 Å². The number of nitrogens with one attached hydrogen (secondary N) is 1. The zero-order valence-electron chi connectivity index (χ0n) is 13.9. The number of methoxy groups -OCH3 is 2. The molecule has 1 saturated heterocycles. The number of rotatable bonds is 5. The fraction of sp³-hybridized carbons (Fsp3) is 0.583. The minimum absolute atomic E-state index is 0.151. The molecule has 0 saturated carbocycles. The highest BCUT2D eigenvalue weighted by molar-refractivity contribution is 8.12. The Morgan fingerprint density at radius 2 is 2.00 bits per heavy atom. The van der Waals surface area contributed by atoms with Crippen molar-refractivity contribution in [1.29, 1.82) is 0 Å². The second-order valence-electron chi connectivity index (χ2n) is 4.92. The van der Waals surface area contributed by atoms with Crippen LogP contribution >= 0.6 is 11.8 Å². The molecule has 1 unspecified atom stereocenters. The summed E-state index contributed by atoms with van der Waals surface area (Å²) in [6.07, 6.45) is 0.889. The number of sulfonamides is 1. The summed E-state index contributed by atoms with van der Waals surface area (Å²) in [6, 6.07) is 0.389. The zero-order chi connectivity index (χ0) is 18.4. The average molecular weight is 390 g/mol. The van der Waals surface area contributed by atoms with E-state index in [1.165, 1.54) is 32.0 Å². The van der Waals surface area contributed by atoms with E-state index in [9.17, 15) is 13.2 Å². The molecule has 1 aromatic rings. The van der Waals surface area contributed by atoms with E-state index >= 15 is 0 Å². The molecule has 2 heterocycles. The summed E-state index contributed by atoms with van der Waals surface area (Å²) in [5.41, 5.74) is 0. The van der Waals surface area contributed by atoms with Crippen LogP contribution in [0.15, 0.2) is 15.7 Å². The summed E-state index contributed by atoms with van der Waals surface area (Å²) in [6.45, 7) is 0.635. The predicted molar refractivity (Wildman–Crippen MR) is 91.4 cm³/mol. The topological polar surface area (TPSA) is 135 Å². The van der Waals surface area contributed by atoms with Gasteiger partial charge in [0.2, 0.25) is 17.7 Å². The van der Waals surface area contributed by atoms with Crippen LogP contribution in [0.4, 0.5) is 10.7 Å². The van der Waals surface area contributed by atoms with Crippen molar-refractivity contribution >= 4 is 33.8 Å². The monoisotopic (exact) mass is 390 g/mol. The molecule has 0 radical (unpaired) electrons. The number of ether oxygens (including phenoxy) is 2. The SMILES string of the molecule is COc1cc(OC)nc(NC(=O)N=NS(=O)(=O)C2SCCCN2C)n1. The summed E-state index contributed by atoms with van der Waals surface area (Å²) in [5.74, 6) is 0.869. The highest BCUT2D eigenvalue weighted by Crippen LogP contribution is 2.27. The molecule has 11 nitrogen and oxygen atoms in total. The number of nitrogens with zero attached hydrogens (tertiary/aromatic N) is 5. The summed E-state index contributed by atoms with van der Waals surface area (Å²) in [7, 11) is 0.505. The smallest absolute Gasteiger partial charge is 0.367 e. The molecular formula is C12H18N6O5S2. The molecule has 1 N–H and O–H groups in total. The van der Waals surface area contributed by atoms with Crippen LogP contribution in [0.5, 0.6) is 11.8 Å². The lowest BCUT2D eigenvalue weighted by atomic mass is 10.4. The first-order chi connectivity index (χ1) is 11.9. The standard InChI is InChI=1S/C12H18N6O5S2/c1-18-5-4-6-24-12(18)25(20,21)17-16-11(19)15-10-13-8(22-2)7-9(14-10)23-3/h7,12H,4-6H2,1-3H3,(H,13,14,15,19). The van der Waals surface area contributed by atoms with Gasteiger partial charge in [-0.25, -0.2) is 13.2 Å². The maximum absolute atomic E-state index is 12.2. The number of aromatic nitrogens is 2. The molecule has 1 fully saturated rings. The van der Waals surface area contributed by atoms with Gasteiger partial charge in [0, 0.05) is 6.54 Å². The third-order valence-corrected chi connectivity index (χ3v) is 6.58. The molecule has 2 rings (SSSR count). The van der Waals surface area contributed by atoms with Gasteiger partial charge in [0.25, 0.3) is 10.0 Å². The second kappa shape index (κ2) is 8.40. The van der Waals surface area contributed by atoms with Gasteiger partial charge in [0.1, 0.15) is 0 Å². The maximum Gasteiger partial charge on any atom is 0.367 e. The van der Waals surface area contributed by atoms with Crippen LogP contribution in [0.3, 0.4) is 0 Å². The third-order valence-electron chi connectivity index (χ3n) is 3.09. The van der Waals surface area contributed by atoms with Gasteiger partial charge in [0.15, 0.2) is 4.71 Å². The number of carbonyl (C=O) groups excluding carboxylic acids is 1. The van der Waals surface area contributed by atoms with E-state index in [1.54, 1.807) is 11.9 Å². The third kappa shape index (κ3) is 5.24. The number of hydrogen-bond donors (Lipinski definition) is 1. The Balaban J connectivity index is 2.07. The molecule has 0 aliphatic carbocycles. The number of carbonyl (C=O) groups is 1. The normalized spacial score (nSPS) is 18.9. The summed E-state index contributed by atoms with van der Waals surface area (Å²) in [4.78, 5) is 21.2. The Morgan fingerprint density at radius 3 is 2.56 bits per heavy atom. The highest BCUT2D eigenvalue weighted by Gasteiger charge is 2.32. The van der Waals surface area contributed by atoms with Crippen molar-refractivity contribution in [2.24, 2.45) is 9.63 Å². The first-order valence-corrected chi connectivity index (χ1v) is 9.67. The van der Waals surface area contributed by atoms with Crippen molar-refractivity contribution < 1.29 is 22.7 Å². The van der Waals surface area contributed by atoms with E-state index in [1.807, 2.05) is 0 Å². The minimum Gasteiger partial charge on any atom is -0.481 e. The predicted octanol–water partition coefficient (Wildman–Crippen LogP) is 1.16. The van der Waals surface area contributed by atoms with Crippen LogP contribution < -0.4 is 14.8 Å². The van der Waals surface area contributed by atoms with Gasteiger partial charge >= 0.3 is 6.03 Å². The first kappa shape index (κ1) is 19.3. The summed E-state index contributed by atoms with van der Waals surface area (Å²) in [5, 5.41) is 5.41. The molecule has 138 valence electrons. The maximum atomic E-state index is 12.2. The molecule has 0 bridgehead atoms. The Hall–Kier alpha value is -1.99. The molecule has 0 spiro atoms. The van der Waals surface area contributed by atoms with Crippen molar-refractivity contribution in [3.05, 3.63) is 6.07 Å². The van der Waals surface area contributed by atoms with Crippen LogP contribution in [0.1, 0.15) is 6.42 Å². The van der Waals surface area contributed by atoms with E-state index in [2.05, 4.69) is 24.9 Å². The molecule has 1 aliphatic rings. The fourth-order valence-electron chi connectivity index (χ4n) is 1.97. The molecule has 1 aromatic heterocycles. The summed E-state index contributed by atoms with van der Waals surface area (Å²) < 4.78 is 36.6. The van der Waals surface area contributed by atoms with Crippen LogP contribution in [0, 0.1) is 0 Å². The molecule has 13 heteroatoms. The van der Waals surface area contributed by atoms with Gasteiger partial charge in [-0.15, -0.1) is 11.8 Å². The molecule has 1 aliphatic heterocycles. The van der Waals surface area contributed by atoms with E-state index in [0.29, 0.717) is 12.3 Å². The quantitative estimate of drug-likeness (QED) is 0.734. The van der Waals surface area contributed by atoms with E-state index in [-0.39, 0.29) is 17.7 Å². The van der Waals surface area contributed by atoms with Crippen LogP contribution in [-0.2, 0) is 10.0 Å². The van der Waals surface area contributed by atoms with Crippen molar-refractivity contribution in [3.8, 4) is 11.8 Å². The van der Waals surface area contributed by atoms with E-state index < -0.39 is 20.8 Å². The van der Waals surface area contributed by atoms with E-state index in [0.717, 1.165) is 6.42 Å². The lowest BCUT2D eigenvalue weighted by Crippen LogP contribution is -2.39. The number of hydrogen-bond acceptors (Lipinski definition) is 9. The van der Waals surface area contributed by atoms with Crippen LogP contribution in [0.25, 0.3) is 0 Å². The zero-order valence-corrected chi connectivity index (χ0v) is 15.5. The highest BCUT2D eigenvalue weighted by atomic mass is 32.3. The van der Waals surface area contributed by atoms with Gasteiger partial charge in [-0.3, -0.25) is 10.2 Å². The van der Waals surface area contributed by atoms with Crippen molar-refractivity contribution in [3.63, 3.8) is 0 Å².